The van der Waals surface area contributed by atoms with Crippen LogP contribution in [0.15, 0.2) is 67.6 Å². The van der Waals surface area contributed by atoms with Gasteiger partial charge in [-0.25, -0.2) is 28.1 Å². The Bertz CT molecular complexity index is 1690. The molecule has 1 aromatic carbocycles. The van der Waals surface area contributed by atoms with Crippen LogP contribution in [0.25, 0.3) is 16.6 Å². The Hall–Kier alpha value is -4.07. The SMILES string of the molecule is Cn1cc(-c2cc3c(N4CCN(c5ncc(C(C)(NOSC(C)(C)C)c6ccc(F)cc6)cn5)CC4)ncnn3c2)cn1. The largest absolute Gasteiger partial charge is 0.351 e. The van der Waals surface area contributed by atoms with E-state index in [0.717, 1.165) is 59.8 Å². The van der Waals surface area contributed by atoms with Gasteiger partial charge in [-0.2, -0.15) is 15.7 Å². The molecule has 5 heterocycles. The van der Waals surface area contributed by atoms with Gasteiger partial charge >= 0.3 is 0 Å². The lowest BCUT2D eigenvalue weighted by atomic mass is 9.87. The Morgan fingerprint density at radius 2 is 1.53 bits per heavy atom. The summed E-state index contributed by atoms with van der Waals surface area (Å²) in [4.78, 5) is 18.6. The van der Waals surface area contributed by atoms with Crippen LogP contribution in [0.5, 0.6) is 0 Å². The number of hydrogen-bond donors (Lipinski definition) is 1. The van der Waals surface area contributed by atoms with Crippen molar-refractivity contribution in [2.24, 2.45) is 7.05 Å². The zero-order valence-corrected chi connectivity index (χ0v) is 25.7. The fourth-order valence-corrected chi connectivity index (χ4v) is 5.50. The number of anilines is 2. The van der Waals surface area contributed by atoms with E-state index in [1.54, 1.807) is 23.1 Å². The van der Waals surface area contributed by atoms with Gasteiger partial charge in [-0.1, -0.05) is 12.1 Å². The van der Waals surface area contributed by atoms with Gasteiger partial charge in [-0.3, -0.25) is 4.68 Å². The fourth-order valence-electron chi connectivity index (χ4n) is 5.05. The van der Waals surface area contributed by atoms with Crippen molar-refractivity contribution in [3.05, 3.63) is 84.6 Å². The van der Waals surface area contributed by atoms with Gasteiger partial charge in [0.15, 0.2) is 5.82 Å². The van der Waals surface area contributed by atoms with Crippen LogP contribution in [0.1, 0.15) is 38.8 Å². The molecule has 0 bridgehead atoms. The standard InChI is InChI=1S/C30H35FN10OS/c1-29(2,3)43-42-37-30(4,23-6-8-25(31)9-7-23)24-16-32-28(33-17-24)40-12-10-39(11-13-40)27-26-14-21(19-41(26)36-20-34-27)22-15-35-38(5)18-22/h6-9,14-20,37H,10-13H2,1-5H3. The molecule has 1 unspecified atom stereocenters. The van der Waals surface area contributed by atoms with Gasteiger partial charge in [0, 0.05) is 91.5 Å². The number of fused-ring (bicyclic) bond motifs is 1. The predicted octanol–water partition coefficient (Wildman–Crippen LogP) is 4.62. The third-order valence-corrected chi connectivity index (χ3v) is 8.13. The summed E-state index contributed by atoms with van der Waals surface area (Å²) >= 11 is 1.33. The maximum absolute atomic E-state index is 13.7. The third kappa shape index (κ3) is 6.19. The molecule has 1 atom stereocenters. The van der Waals surface area contributed by atoms with Gasteiger partial charge < -0.3 is 9.80 Å². The van der Waals surface area contributed by atoms with Crippen LogP contribution in [0.2, 0.25) is 0 Å². The van der Waals surface area contributed by atoms with E-state index < -0.39 is 5.54 Å². The summed E-state index contributed by atoms with van der Waals surface area (Å²) in [5.74, 6) is 1.26. The molecule has 1 N–H and O–H groups in total. The molecule has 224 valence electrons. The van der Waals surface area contributed by atoms with E-state index in [0.29, 0.717) is 5.95 Å². The summed E-state index contributed by atoms with van der Waals surface area (Å²) in [6, 6.07) is 8.49. The highest BCUT2D eigenvalue weighted by molar-refractivity contribution is 7.95. The second-order valence-corrected chi connectivity index (χ2v) is 13.4. The number of piperazine rings is 1. The molecule has 0 spiro atoms. The summed E-state index contributed by atoms with van der Waals surface area (Å²) in [7, 11) is 1.91. The Labute approximate surface area is 254 Å². The van der Waals surface area contributed by atoms with Crippen LogP contribution in [-0.2, 0) is 16.9 Å². The van der Waals surface area contributed by atoms with E-state index in [1.807, 2.05) is 49.5 Å². The van der Waals surface area contributed by atoms with Crippen LogP contribution in [0.4, 0.5) is 16.2 Å². The second-order valence-electron chi connectivity index (χ2n) is 11.8. The molecule has 43 heavy (non-hydrogen) atoms. The van der Waals surface area contributed by atoms with Crippen LogP contribution >= 0.6 is 12.0 Å². The summed E-state index contributed by atoms with van der Waals surface area (Å²) < 4.78 is 23.1. The first-order valence-corrected chi connectivity index (χ1v) is 14.9. The van der Waals surface area contributed by atoms with Gasteiger partial charge in [0.25, 0.3) is 0 Å². The molecule has 1 saturated heterocycles. The number of aryl methyl sites for hydroxylation is 1. The molecule has 1 aliphatic rings. The quantitative estimate of drug-likeness (QED) is 0.200. The highest BCUT2D eigenvalue weighted by Gasteiger charge is 2.32. The maximum atomic E-state index is 13.7. The van der Waals surface area contributed by atoms with E-state index in [9.17, 15) is 4.39 Å². The molecule has 0 amide bonds. The number of benzene rings is 1. The van der Waals surface area contributed by atoms with Gasteiger partial charge in [-0.15, -0.1) is 0 Å². The Morgan fingerprint density at radius 1 is 0.837 bits per heavy atom. The molecule has 1 aliphatic heterocycles. The molecular formula is C30H35FN10OS. The minimum Gasteiger partial charge on any atom is -0.351 e. The van der Waals surface area contributed by atoms with E-state index in [2.05, 4.69) is 57.3 Å². The summed E-state index contributed by atoms with van der Waals surface area (Å²) in [5, 5.41) is 8.72. The van der Waals surface area contributed by atoms with Crippen molar-refractivity contribution in [1.82, 2.24) is 39.8 Å². The Balaban J connectivity index is 1.17. The molecule has 11 nitrogen and oxygen atoms in total. The first kappa shape index (κ1) is 29.0. The number of nitrogens with one attached hydrogen (secondary N) is 1. The van der Waals surface area contributed by atoms with Crippen LogP contribution < -0.4 is 15.3 Å². The van der Waals surface area contributed by atoms with E-state index in [-0.39, 0.29) is 10.6 Å². The smallest absolute Gasteiger partial charge is 0.225 e. The number of nitrogens with zero attached hydrogens (tertiary/aromatic N) is 9. The lowest BCUT2D eigenvalue weighted by molar-refractivity contribution is 0.147. The Morgan fingerprint density at radius 3 is 2.19 bits per heavy atom. The number of hydroxylamine groups is 1. The predicted molar refractivity (Wildman–Crippen MR) is 166 cm³/mol. The molecule has 4 aromatic heterocycles. The van der Waals surface area contributed by atoms with Crippen LogP contribution in [0, 0.1) is 5.82 Å². The first-order chi connectivity index (χ1) is 20.6. The second kappa shape index (κ2) is 11.5. The average molecular weight is 603 g/mol. The van der Waals surface area contributed by atoms with Crippen molar-refractivity contribution >= 4 is 29.3 Å². The van der Waals surface area contributed by atoms with Crippen molar-refractivity contribution in [1.29, 1.82) is 0 Å². The number of hydrogen-bond acceptors (Lipinski definition) is 10. The molecule has 0 radical (unpaired) electrons. The monoisotopic (exact) mass is 602 g/mol. The number of rotatable bonds is 8. The van der Waals surface area contributed by atoms with Crippen LogP contribution in [0.3, 0.4) is 0 Å². The van der Waals surface area contributed by atoms with Crippen molar-refractivity contribution in [3.8, 4) is 11.1 Å². The average Bonchev–Trinajstić information content (AvgIpc) is 3.63. The van der Waals surface area contributed by atoms with Crippen molar-refractivity contribution < 1.29 is 8.67 Å². The minimum atomic E-state index is -0.798. The fraction of sp³-hybridized carbons (Fsp3) is 0.367. The first-order valence-electron chi connectivity index (χ1n) is 14.1. The zero-order valence-electron chi connectivity index (χ0n) is 24.9. The summed E-state index contributed by atoms with van der Waals surface area (Å²) in [5.41, 5.74) is 7.05. The molecule has 0 aliphatic carbocycles. The number of halogens is 1. The van der Waals surface area contributed by atoms with Gasteiger partial charge in [-0.05, 0) is 51.5 Å². The van der Waals surface area contributed by atoms with Crippen molar-refractivity contribution in [2.75, 3.05) is 36.0 Å². The number of aromatic nitrogens is 7. The molecule has 5 aromatic rings. The van der Waals surface area contributed by atoms with Crippen LogP contribution in [-0.4, -0.2) is 65.3 Å². The third-order valence-electron chi connectivity index (χ3n) is 7.46. The van der Waals surface area contributed by atoms with E-state index >= 15 is 0 Å². The lowest BCUT2D eigenvalue weighted by Crippen LogP contribution is -2.47. The van der Waals surface area contributed by atoms with E-state index in [1.165, 1.54) is 24.2 Å². The maximum Gasteiger partial charge on any atom is 0.225 e. The minimum absolute atomic E-state index is 0.111. The van der Waals surface area contributed by atoms with Crippen molar-refractivity contribution in [3.63, 3.8) is 0 Å². The molecular weight excluding hydrogens is 567 g/mol. The van der Waals surface area contributed by atoms with Gasteiger partial charge in [0.05, 0.1) is 11.7 Å². The normalized spacial score (nSPS) is 15.7. The van der Waals surface area contributed by atoms with Gasteiger partial charge in [0.1, 0.15) is 17.7 Å². The van der Waals surface area contributed by atoms with Crippen molar-refractivity contribution in [2.45, 2.75) is 38.0 Å². The topological polar surface area (TPSA) is 102 Å². The Kier molecular flexibility index (Phi) is 7.79. The van der Waals surface area contributed by atoms with Gasteiger partial charge in [0.2, 0.25) is 5.95 Å². The summed E-state index contributed by atoms with van der Waals surface area (Å²) in [6.45, 7) is 11.2. The highest BCUT2D eigenvalue weighted by Crippen LogP contribution is 2.33. The highest BCUT2D eigenvalue weighted by atomic mass is 32.2. The molecule has 6 rings (SSSR count). The molecule has 1 fully saturated rings. The lowest BCUT2D eigenvalue weighted by Gasteiger charge is -2.36. The molecule has 0 saturated carbocycles. The van der Waals surface area contributed by atoms with E-state index in [4.69, 9.17) is 14.3 Å². The zero-order chi connectivity index (χ0) is 30.2. The summed E-state index contributed by atoms with van der Waals surface area (Å²) in [6.07, 6.45) is 11.1. The molecule has 13 heteroatoms.